The van der Waals surface area contributed by atoms with Crippen molar-refractivity contribution in [2.24, 2.45) is 11.8 Å². The third-order valence-electron chi connectivity index (χ3n) is 9.11. The zero-order valence-electron chi connectivity index (χ0n) is 24.4. The fraction of sp³-hybridized carbons (Fsp3) is 0.500. The second-order valence-electron chi connectivity index (χ2n) is 12.0. The van der Waals surface area contributed by atoms with Gasteiger partial charge in [-0.3, -0.25) is 4.79 Å². The van der Waals surface area contributed by atoms with Gasteiger partial charge >= 0.3 is 21.7 Å². The van der Waals surface area contributed by atoms with Crippen molar-refractivity contribution >= 4 is 33.2 Å². The van der Waals surface area contributed by atoms with E-state index in [0.29, 0.717) is 36.3 Å². The van der Waals surface area contributed by atoms with Gasteiger partial charge in [-0.05, 0) is 84.7 Å². The molecule has 236 valence electrons. The molecule has 44 heavy (non-hydrogen) atoms. The summed E-state index contributed by atoms with van der Waals surface area (Å²) in [5, 5.41) is 2.64. The number of halogens is 3. The van der Waals surface area contributed by atoms with E-state index < -0.39 is 27.8 Å². The van der Waals surface area contributed by atoms with Crippen LogP contribution in [0.3, 0.4) is 0 Å². The summed E-state index contributed by atoms with van der Waals surface area (Å²) in [4.78, 5) is 35.3. The summed E-state index contributed by atoms with van der Waals surface area (Å²) in [6.45, 7) is 4.22. The number of nitrogens with zero attached hydrogens (tertiary/aromatic N) is 2. The Balaban J connectivity index is 1.32. The third kappa shape index (κ3) is 5.16. The smallest absolute Gasteiger partial charge is 0.453 e. The van der Waals surface area contributed by atoms with Crippen molar-refractivity contribution < 1.29 is 40.1 Å². The average Bonchev–Trinajstić information content (AvgIpc) is 3.66. The van der Waals surface area contributed by atoms with Crippen molar-refractivity contribution in [2.45, 2.75) is 69.5 Å². The SMILES string of the molecule is COC(=O)N[C@H](C(=O)N1CCC[C@H]1c1nc2ccc(-c3ccc(OS(=O)(=O)C(F)(F)F)c4c3C3CCC3C4)cc2[nH]1)C(C)C. The Morgan fingerprint density at radius 1 is 1.14 bits per heavy atom. The molecule has 2 aromatic carbocycles. The van der Waals surface area contributed by atoms with Crippen LogP contribution in [0.1, 0.15) is 68.4 Å². The number of benzene rings is 2. The van der Waals surface area contributed by atoms with Crippen molar-refractivity contribution in [3.8, 4) is 16.9 Å². The number of hydrogen-bond acceptors (Lipinski definition) is 7. The summed E-state index contributed by atoms with van der Waals surface area (Å²) in [5.74, 6) is 0.328. The first-order valence-electron chi connectivity index (χ1n) is 14.6. The summed E-state index contributed by atoms with van der Waals surface area (Å²) < 4.78 is 72.2. The molecule has 1 saturated heterocycles. The van der Waals surface area contributed by atoms with Crippen LogP contribution in [-0.4, -0.2) is 60.5 Å². The number of aromatic nitrogens is 2. The number of alkyl carbamates (subject to hydrolysis) is 1. The van der Waals surface area contributed by atoms with Gasteiger partial charge < -0.3 is 24.1 Å². The number of alkyl halides is 3. The van der Waals surface area contributed by atoms with E-state index in [-0.39, 0.29) is 35.5 Å². The molecule has 14 heteroatoms. The molecule has 2 heterocycles. The summed E-state index contributed by atoms with van der Waals surface area (Å²) >= 11 is 0. The molecule has 10 nitrogen and oxygen atoms in total. The van der Waals surface area contributed by atoms with E-state index in [2.05, 4.69) is 14.5 Å². The van der Waals surface area contributed by atoms with Gasteiger partial charge in [0, 0.05) is 12.1 Å². The van der Waals surface area contributed by atoms with E-state index in [1.165, 1.54) is 13.2 Å². The number of carbonyl (C=O) groups excluding carboxylic acids is 2. The zero-order valence-corrected chi connectivity index (χ0v) is 25.2. The quantitative estimate of drug-likeness (QED) is 0.257. The molecular formula is C30H33F3N4O6S. The highest BCUT2D eigenvalue weighted by Gasteiger charge is 2.50. The van der Waals surface area contributed by atoms with E-state index in [1.807, 2.05) is 32.0 Å². The minimum absolute atomic E-state index is 0.121. The molecular weight excluding hydrogens is 601 g/mol. The Labute approximate surface area is 252 Å². The van der Waals surface area contributed by atoms with Gasteiger partial charge in [-0.2, -0.15) is 21.6 Å². The fourth-order valence-electron chi connectivity index (χ4n) is 6.78. The van der Waals surface area contributed by atoms with E-state index in [4.69, 9.17) is 9.72 Å². The first kappa shape index (κ1) is 30.2. The van der Waals surface area contributed by atoms with Gasteiger partial charge in [-0.15, -0.1) is 0 Å². The van der Waals surface area contributed by atoms with Gasteiger partial charge in [-0.1, -0.05) is 26.0 Å². The van der Waals surface area contributed by atoms with Gasteiger partial charge in [0.1, 0.15) is 17.6 Å². The predicted molar refractivity (Wildman–Crippen MR) is 154 cm³/mol. The first-order chi connectivity index (χ1) is 20.8. The van der Waals surface area contributed by atoms with Gasteiger partial charge in [-0.25, -0.2) is 9.78 Å². The molecule has 2 fully saturated rings. The highest BCUT2D eigenvalue weighted by atomic mass is 32.2. The van der Waals surface area contributed by atoms with Crippen molar-refractivity contribution in [2.75, 3.05) is 13.7 Å². The number of fused-ring (bicyclic) bond motifs is 4. The number of amides is 2. The Morgan fingerprint density at radius 3 is 2.57 bits per heavy atom. The van der Waals surface area contributed by atoms with Crippen LogP contribution in [0.15, 0.2) is 30.3 Å². The van der Waals surface area contributed by atoms with Gasteiger partial charge in [0.05, 0.1) is 24.2 Å². The van der Waals surface area contributed by atoms with Gasteiger partial charge in [0.25, 0.3) is 0 Å². The van der Waals surface area contributed by atoms with Crippen LogP contribution in [0.2, 0.25) is 0 Å². The molecule has 0 bridgehead atoms. The summed E-state index contributed by atoms with van der Waals surface area (Å²) in [6, 6.07) is 7.50. The maximum absolute atomic E-state index is 13.5. The van der Waals surface area contributed by atoms with Gasteiger partial charge in [0.2, 0.25) is 5.91 Å². The molecule has 1 aliphatic heterocycles. The second-order valence-corrected chi connectivity index (χ2v) is 13.6. The molecule has 6 rings (SSSR count). The number of rotatable bonds is 7. The van der Waals surface area contributed by atoms with E-state index in [1.54, 1.807) is 11.0 Å². The lowest BCUT2D eigenvalue weighted by atomic mass is 9.73. The number of H-pyrrole nitrogens is 1. The predicted octanol–water partition coefficient (Wildman–Crippen LogP) is 5.55. The van der Waals surface area contributed by atoms with Crippen molar-refractivity contribution in [3.63, 3.8) is 0 Å². The van der Waals surface area contributed by atoms with Crippen LogP contribution in [0.5, 0.6) is 5.75 Å². The monoisotopic (exact) mass is 634 g/mol. The highest BCUT2D eigenvalue weighted by Crippen LogP contribution is 2.56. The first-order valence-corrected chi connectivity index (χ1v) is 16.0. The minimum Gasteiger partial charge on any atom is -0.453 e. The largest absolute Gasteiger partial charge is 0.534 e. The molecule has 3 aromatic rings. The fourth-order valence-corrected chi connectivity index (χ4v) is 7.26. The van der Waals surface area contributed by atoms with E-state index >= 15 is 0 Å². The van der Waals surface area contributed by atoms with Crippen LogP contribution < -0.4 is 9.50 Å². The Hall–Kier alpha value is -3.81. The molecule has 1 aromatic heterocycles. The van der Waals surface area contributed by atoms with Crippen LogP contribution in [0.4, 0.5) is 18.0 Å². The Morgan fingerprint density at radius 2 is 1.91 bits per heavy atom. The maximum Gasteiger partial charge on any atom is 0.534 e. The summed E-state index contributed by atoms with van der Waals surface area (Å²) in [5.41, 5.74) is -1.15. The third-order valence-corrected chi connectivity index (χ3v) is 10.1. The molecule has 0 spiro atoms. The molecule has 2 unspecified atom stereocenters. The standard InChI is InChI=1S/C30H33F3N4O6S/c1-15(2)26(36-29(39)42-3)28(38)37-12-4-5-23(37)27-34-21-10-7-17(14-22(21)35-27)19-9-11-24(43-44(40,41)30(31,32)33)20-13-16-6-8-18(16)25(19)20/h7,9-11,14-16,18,23,26H,4-6,8,12-13H2,1-3H3,(H,34,35)(H,36,39)/t16?,18?,23-,26-/m0/s1. The van der Waals surface area contributed by atoms with Crippen molar-refractivity contribution in [1.82, 2.24) is 20.2 Å². The summed E-state index contributed by atoms with van der Waals surface area (Å²) in [6.07, 6.45) is 3.03. The number of methoxy groups -OCH3 is 1. The van der Waals surface area contributed by atoms with E-state index in [9.17, 15) is 31.2 Å². The molecule has 4 atom stereocenters. The topological polar surface area (TPSA) is 131 Å². The zero-order chi connectivity index (χ0) is 31.6. The Bertz CT molecular complexity index is 1740. The van der Waals surface area contributed by atoms with Gasteiger partial charge in [0.15, 0.2) is 0 Å². The van der Waals surface area contributed by atoms with Crippen molar-refractivity contribution in [1.29, 1.82) is 0 Å². The normalized spacial score (nSPS) is 22.0. The number of hydrogen-bond donors (Lipinski definition) is 2. The molecule has 2 aliphatic carbocycles. The molecule has 2 amide bonds. The van der Waals surface area contributed by atoms with E-state index in [0.717, 1.165) is 41.5 Å². The molecule has 2 N–H and O–H groups in total. The number of nitrogens with one attached hydrogen (secondary N) is 2. The Kier molecular flexibility index (Phi) is 7.53. The lowest BCUT2D eigenvalue weighted by Gasteiger charge is -2.31. The number of ether oxygens (including phenoxy) is 1. The minimum atomic E-state index is -5.80. The molecule has 1 saturated carbocycles. The van der Waals surface area contributed by atoms with Crippen molar-refractivity contribution in [3.05, 3.63) is 47.3 Å². The number of carbonyl (C=O) groups is 2. The average molecular weight is 635 g/mol. The van der Waals surface area contributed by atoms with Crippen LogP contribution in [0, 0.1) is 11.8 Å². The lowest BCUT2D eigenvalue weighted by molar-refractivity contribution is -0.135. The summed E-state index contributed by atoms with van der Waals surface area (Å²) in [7, 11) is -4.55. The number of imidazole rings is 1. The maximum atomic E-state index is 13.5. The van der Waals surface area contributed by atoms with Crippen LogP contribution in [0.25, 0.3) is 22.2 Å². The highest BCUT2D eigenvalue weighted by molar-refractivity contribution is 7.88. The molecule has 0 radical (unpaired) electrons. The van der Waals surface area contributed by atoms with Crippen LogP contribution >= 0.6 is 0 Å². The number of likely N-dealkylation sites (tertiary alicyclic amines) is 1. The molecule has 3 aliphatic rings. The second kappa shape index (κ2) is 11.0. The number of aromatic amines is 1. The lowest BCUT2D eigenvalue weighted by Crippen LogP contribution is -2.51. The van der Waals surface area contributed by atoms with Crippen LogP contribution in [-0.2, 0) is 26.1 Å².